The van der Waals surface area contributed by atoms with Gasteiger partial charge in [-0.15, -0.1) is 11.3 Å². The number of carbonyl (C=O) groups excluding carboxylic acids is 3. The number of Topliss-reactive ketones (excluding diaryl/α,β-unsaturated/α-hetero) is 2. The highest BCUT2D eigenvalue weighted by Gasteiger charge is 2.34. The van der Waals surface area contributed by atoms with E-state index in [9.17, 15) is 46.7 Å². The predicted molar refractivity (Wildman–Crippen MR) is 187 cm³/mol. The smallest absolute Gasteiger partial charge is 0.339 e. The summed E-state index contributed by atoms with van der Waals surface area (Å²) in [5.41, 5.74) is -4.15. The van der Waals surface area contributed by atoms with Gasteiger partial charge in [0, 0.05) is 36.7 Å². The third-order valence-electron chi connectivity index (χ3n) is 8.52. The van der Waals surface area contributed by atoms with Gasteiger partial charge < -0.3 is 14.9 Å². The molecule has 2 N–H and O–H groups in total. The molecular formula is C32H30F3N11O7S. The number of alkyl halides is 3. The number of imidazole rings is 2. The highest BCUT2D eigenvalue weighted by molar-refractivity contribution is 7.13. The van der Waals surface area contributed by atoms with Gasteiger partial charge in [-0.2, -0.15) is 13.2 Å². The minimum absolute atomic E-state index is 0.00443. The summed E-state index contributed by atoms with van der Waals surface area (Å²) in [7, 11) is 1.34. The van der Waals surface area contributed by atoms with Crippen LogP contribution in [-0.4, -0.2) is 65.2 Å². The third kappa shape index (κ3) is 7.06. The zero-order chi connectivity index (χ0) is 39.2. The molecule has 0 aliphatic carbocycles. The number of nitrogens with zero attached hydrogens (tertiary/aromatic N) is 9. The number of H-pyrrole nitrogens is 1. The highest BCUT2D eigenvalue weighted by atomic mass is 32.1. The molecule has 0 aromatic carbocycles. The van der Waals surface area contributed by atoms with Crippen LogP contribution in [0, 0.1) is 6.92 Å². The second-order valence-corrected chi connectivity index (χ2v) is 13.4. The molecule has 282 valence electrons. The Morgan fingerprint density at radius 3 is 2.39 bits per heavy atom. The van der Waals surface area contributed by atoms with E-state index in [0.717, 1.165) is 26.7 Å². The van der Waals surface area contributed by atoms with E-state index in [2.05, 4.69) is 30.2 Å². The third-order valence-corrected chi connectivity index (χ3v) is 9.41. The summed E-state index contributed by atoms with van der Waals surface area (Å²) in [4.78, 5) is 109. The Kier molecular flexibility index (Phi) is 9.88. The number of aryl methyl sites for hydroxylation is 2. The summed E-state index contributed by atoms with van der Waals surface area (Å²) < 4.78 is 44.3. The molecule has 0 spiro atoms. The first-order chi connectivity index (χ1) is 25.5. The van der Waals surface area contributed by atoms with Crippen LogP contribution in [0.15, 0.2) is 49.5 Å². The molecule has 0 bridgehead atoms. The Morgan fingerprint density at radius 1 is 0.981 bits per heavy atom. The number of hydrogen-bond acceptors (Lipinski definition) is 12. The number of pyridine rings is 1. The van der Waals surface area contributed by atoms with E-state index in [1.54, 1.807) is 6.92 Å². The molecule has 0 fully saturated rings. The maximum absolute atomic E-state index is 13.6. The predicted octanol–water partition coefficient (Wildman–Crippen LogP) is 1.78. The molecule has 18 nitrogen and oxygen atoms in total. The zero-order valence-corrected chi connectivity index (χ0v) is 29.7. The van der Waals surface area contributed by atoms with E-state index < -0.39 is 77.5 Å². The average Bonchev–Trinajstić information content (AvgIpc) is 3.87. The standard InChI is InChI=1S/C32H30F3N11O7S/c1-15-7-18(8-36-24(15)32(33,34)35)27-41-20(12-54-27)40-21(49)11-43-14-39-26-23(43)29(51)45(30(52)42(26)4)10-19(48)6-5-16(2)46-25-22(37-13-38-25)28(50)44(31(46)53)9-17(3)47/h7-8,12-14,16H,5-6,9-11H2,1-4H3,(H,37,38)(H,40,49). The number of rotatable bonds is 12. The number of anilines is 1. The zero-order valence-electron chi connectivity index (χ0n) is 28.9. The van der Waals surface area contributed by atoms with Crippen LogP contribution in [0.2, 0.25) is 0 Å². The molecule has 0 radical (unpaired) electrons. The Hall–Kier alpha value is -6.32. The van der Waals surface area contributed by atoms with E-state index in [1.807, 2.05) is 0 Å². The minimum atomic E-state index is -4.61. The Bertz CT molecular complexity index is 2730. The van der Waals surface area contributed by atoms with Gasteiger partial charge in [-0.1, -0.05) is 0 Å². The molecule has 0 aliphatic heterocycles. The molecule has 54 heavy (non-hydrogen) atoms. The number of hydrogen-bond donors (Lipinski definition) is 2. The summed E-state index contributed by atoms with van der Waals surface area (Å²) in [6, 6.07) is 0.593. The van der Waals surface area contributed by atoms with Crippen LogP contribution in [0.5, 0.6) is 0 Å². The molecule has 6 rings (SSSR count). The van der Waals surface area contributed by atoms with Crippen LogP contribution in [0.3, 0.4) is 0 Å². The maximum atomic E-state index is 13.6. The Morgan fingerprint density at radius 2 is 1.70 bits per heavy atom. The molecule has 1 atom stereocenters. The number of thiazole rings is 1. The molecule has 6 aromatic rings. The minimum Gasteiger partial charge on any atom is -0.339 e. The van der Waals surface area contributed by atoms with Gasteiger partial charge in [-0.3, -0.25) is 47.2 Å². The molecule has 1 amide bonds. The van der Waals surface area contributed by atoms with Crippen LogP contribution in [-0.2, 0) is 47.2 Å². The summed E-state index contributed by atoms with van der Waals surface area (Å²) in [5.74, 6) is -1.51. The Labute approximate surface area is 303 Å². The van der Waals surface area contributed by atoms with Crippen molar-refractivity contribution in [1.29, 1.82) is 0 Å². The number of fused-ring (bicyclic) bond motifs is 2. The van der Waals surface area contributed by atoms with Gasteiger partial charge in [0.15, 0.2) is 22.6 Å². The monoisotopic (exact) mass is 769 g/mol. The van der Waals surface area contributed by atoms with Gasteiger partial charge in [-0.05, 0) is 38.8 Å². The summed E-state index contributed by atoms with van der Waals surface area (Å²) >= 11 is 1.06. The lowest BCUT2D eigenvalue weighted by atomic mass is 10.1. The maximum Gasteiger partial charge on any atom is 0.433 e. The van der Waals surface area contributed by atoms with E-state index >= 15 is 0 Å². The highest BCUT2D eigenvalue weighted by Crippen LogP contribution is 2.33. The number of carbonyl (C=O) groups is 3. The van der Waals surface area contributed by atoms with Crippen LogP contribution in [0.4, 0.5) is 19.0 Å². The van der Waals surface area contributed by atoms with Crippen LogP contribution < -0.4 is 27.8 Å². The quantitative estimate of drug-likeness (QED) is 0.183. The van der Waals surface area contributed by atoms with E-state index in [-0.39, 0.29) is 46.6 Å². The first-order valence-corrected chi connectivity index (χ1v) is 17.0. The molecule has 6 aromatic heterocycles. The number of amides is 1. The van der Waals surface area contributed by atoms with E-state index in [1.165, 1.54) is 54.1 Å². The molecule has 1 unspecified atom stereocenters. The van der Waals surface area contributed by atoms with Crippen molar-refractivity contribution in [2.45, 2.75) is 65.5 Å². The molecule has 0 saturated heterocycles. The molecule has 22 heteroatoms. The second-order valence-electron chi connectivity index (χ2n) is 12.5. The molecular weight excluding hydrogens is 739 g/mol. The molecule has 6 heterocycles. The van der Waals surface area contributed by atoms with Crippen molar-refractivity contribution >= 4 is 57.0 Å². The summed E-state index contributed by atoms with van der Waals surface area (Å²) in [6.45, 7) is 2.58. The number of aromatic amines is 1. The lowest BCUT2D eigenvalue weighted by Crippen LogP contribution is -2.42. The number of halogens is 3. The van der Waals surface area contributed by atoms with Crippen molar-refractivity contribution in [2.75, 3.05) is 5.32 Å². The summed E-state index contributed by atoms with van der Waals surface area (Å²) in [5, 5.41) is 4.34. The summed E-state index contributed by atoms with van der Waals surface area (Å²) in [6.07, 6.45) is -1.32. The Balaban J connectivity index is 1.17. The van der Waals surface area contributed by atoms with Crippen molar-refractivity contribution in [3.63, 3.8) is 0 Å². The number of nitrogens with one attached hydrogen (secondary N) is 2. The lowest BCUT2D eigenvalue weighted by molar-refractivity contribution is -0.141. The van der Waals surface area contributed by atoms with Crippen LogP contribution >= 0.6 is 11.3 Å². The molecule has 0 aliphatic rings. The average molecular weight is 770 g/mol. The number of aromatic nitrogens is 10. The van der Waals surface area contributed by atoms with E-state index in [4.69, 9.17) is 0 Å². The van der Waals surface area contributed by atoms with E-state index in [0.29, 0.717) is 15.1 Å². The normalized spacial score (nSPS) is 12.4. The second kappa shape index (κ2) is 14.2. The largest absolute Gasteiger partial charge is 0.433 e. The van der Waals surface area contributed by atoms with Gasteiger partial charge in [0.25, 0.3) is 11.1 Å². The fourth-order valence-electron chi connectivity index (χ4n) is 5.95. The van der Waals surface area contributed by atoms with Crippen molar-refractivity contribution in [1.82, 2.24) is 47.8 Å². The number of ketones is 2. The SMILES string of the molecule is CC(=O)Cn1c(=O)c2[nH]cnc2n(C(C)CCC(=O)Cn2c(=O)c3c(ncn3CC(=O)Nc3csc(-c4cnc(C(F)(F)F)c(C)c4)n3)n(C)c2=O)c1=O. The molecule has 0 saturated carbocycles. The first kappa shape index (κ1) is 37.4. The first-order valence-electron chi connectivity index (χ1n) is 16.1. The van der Waals surface area contributed by atoms with Crippen molar-refractivity contribution in [3.05, 3.63) is 83.2 Å². The van der Waals surface area contributed by atoms with Gasteiger partial charge in [0.05, 0.1) is 25.7 Å². The fourth-order valence-corrected chi connectivity index (χ4v) is 6.69. The fraction of sp³-hybridized carbons (Fsp3) is 0.344. The van der Waals surface area contributed by atoms with Crippen LogP contribution in [0.1, 0.15) is 44.0 Å². The van der Waals surface area contributed by atoms with Crippen molar-refractivity contribution < 1.29 is 27.6 Å². The van der Waals surface area contributed by atoms with Gasteiger partial charge >= 0.3 is 17.6 Å². The van der Waals surface area contributed by atoms with Crippen LogP contribution in [0.25, 0.3) is 32.9 Å². The van der Waals surface area contributed by atoms with Gasteiger partial charge in [0.2, 0.25) is 5.91 Å². The van der Waals surface area contributed by atoms with Gasteiger partial charge in [-0.25, -0.2) is 24.5 Å². The van der Waals surface area contributed by atoms with Crippen molar-refractivity contribution in [3.8, 4) is 10.6 Å². The topological polar surface area (TPSA) is 224 Å². The van der Waals surface area contributed by atoms with Gasteiger partial charge in [0.1, 0.15) is 34.4 Å². The van der Waals surface area contributed by atoms with Crippen molar-refractivity contribution in [2.24, 2.45) is 7.05 Å². The lowest BCUT2D eigenvalue weighted by Gasteiger charge is -2.17.